The number of piperidine rings is 1. The Morgan fingerprint density at radius 3 is 2.55 bits per heavy atom. The monoisotopic (exact) mass is 549 g/mol. The number of methoxy groups -OCH3 is 1. The van der Waals surface area contributed by atoms with E-state index in [0.29, 0.717) is 35.7 Å². The van der Waals surface area contributed by atoms with Gasteiger partial charge in [-0.05, 0) is 77.2 Å². The van der Waals surface area contributed by atoms with E-state index in [1.165, 1.54) is 6.42 Å². The molecule has 0 N–H and O–H groups in total. The highest BCUT2D eigenvalue weighted by Gasteiger charge is 2.32. The number of allylic oxidation sites excluding steroid dienone is 4. The Morgan fingerprint density at radius 2 is 1.95 bits per heavy atom. The van der Waals surface area contributed by atoms with Crippen LogP contribution >= 0.6 is 0 Å². The third kappa shape index (κ3) is 5.86. The highest BCUT2D eigenvalue weighted by molar-refractivity contribution is 5.99. The summed E-state index contributed by atoms with van der Waals surface area (Å²) in [7, 11) is 1.77. The molecular weight excluding hydrogens is 506 g/mol. The fourth-order valence-electron chi connectivity index (χ4n) is 6.11. The third-order valence-electron chi connectivity index (χ3n) is 8.64. The van der Waals surface area contributed by atoms with Crippen molar-refractivity contribution in [1.29, 1.82) is 0 Å². The molecule has 1 saturated carbocycles. The van der Waals surface area contributed by atoms with Crippen molar-refractivity contribution < 1.29 is 19.0 Å². The maximum Gasteiger partial charge on any atom is 0.357 e. The molecule has 4 heterocycles. The molecule has 0 spiro atoms. The summed E-state index contributed by atoms with van der Waals surface area (Å²) < 4.78 is 18.3. The lowest BCUT2D eigenvalue weighted by atomic mass is 9.82. The standard InChI is InChI=1S/C31H43N5O4/c1-5-24(18-25(32-3)22-12-16-39-17-13-22)36-30-28(29(34-36)23-8-7-9-23)27(19-26(33-30)31(37)40-6-2)35-14-10-21(11-15-35)20-38-4/h5,18-19,21-23H,3,6-17,20H2,1-2,4H3/b24-5+,25-18-. The predicted octanol–water partition coefficient (Wildman–Crippen LogP) is 5.61. The number of anilines is 1. The molecule has 1 aliphatic carbocycles. The Balaban J connectivity index is 1.64. The van der Waals surface area contributed by atoms with Crippen molar-refractivity contribution in [2.45, 2.75) is 64.7 Å². The molecular formula is C31H43N5O4. The van der Waals surface area contributed by atoms with Crippen molar-refractivity contribution in [2.75, 3.05) is 51.5 Å². The van der Waals surface area contributed by atoms with Crippen molar-refractivity contribution in [3.63, 3.8) is 0 Å². The molecule has 2 aromatic rings. The fraction of sp³-hybridized carbons (Fsp3) is 0.613. The van der Waals surface area contributed by atoms with Crippen LogP contribution in [0.25, 0.3) is 16.7 Å². The summed E-state index contributed by atoms with van der Waals surface area (Å²) in [4.78, 5) is 24.8. The van der Waals surface area contributed by atoms with Gasteiger partial charge in [0.25, 0.3) is 0 Å². The molecule has 216 valence electrons. The number of aliphatic imine (C=N–C) groups is 1. The summed E-state index contributed by atoms with van der Waals surface area (Å²) in [5.41, 5.74) is 4.93. The van der Waals surface area contributed by atoms with Crippen molar-refractivity contribution in [3.05, 3.63) is 35.3 Å². The molecule has 3 aliphatic rings. The van der Waals surface area contributed by atoms with Crippen LogP contribution in [-0.4, -0.2) is 74.1 Å². The highest BCUT2D eigenvalue weighted by Crippen LogP contribution is 2.43. The summed E-state index contributed by atoms with van der Waals surface area (Å²) in [6.45, 7) is 12.0. The molecule has 2 aromatic heterocycles. The molecule has 9 heteroatoms. The maximum absolute atomic E-state index is 13.0. The number of nitrogens with zero attached hydrogens (tertiary/aromatic N) is 5. The van der Waals surface area contributed by atoms with Gasteiger partial charge in [0.2, 0.25) is 0 Å². The van der Waals surface area contributed by atoms with Gasteiger partial charge in [0.05, 0.1) is 29.1 Å². The largest absolute Gasteiger partial charge is 0.461 e. The summed E-state index contributed by atoms with van der Waals surface area (Å²) in [5, 5.41) is 6.27. The first kappa shape index (κ1) is 28.5. The van der Waals surface area contributed by atoms with Gasteiger partial charge in [0.15, 0.2) is 11.3 Å². The first-order valence-corrected chi connectivity index (χ1v) is 14.8. The minimum atomic E-state index is -0.411. The summed E-state index contributed by atoms with van der Waals surface area (Å²) in [5.74, 6) is 0.817. The van der Waals surface area contributed by atoms with Gasteiger partial charge in [-0.3, -0.25) is 4.99 Å². The lowest BCUT2D eigenvalue weighted by Gasteiger charge is -2.34. The summed E-state index contributed by atoms with van der Waals surface area (Å²) in [6, 6.07) is 1.93. The van der Waals surface area contributed by atoms with Gasteiger partial charge < -0.3 is 19.1 Å². The first-order valence-electron chi connectivity index (χ1n) is 14.8. The lowest BCUT2D eigenvalue weighted by molar-refractivity contribution is 0.0520. The zero-order valence-electron chi connectivity index (χ0n) is 24.2. The topological polar surface area (TPSA) is 91.1 Å². The Kier molecular flexibility index (Phi) is 9.32. The number of fused-ring (bicyclic) bond motifs is 1. The average Bonchev–Trinajstić information content (AvgIpc) is 3.32. The molecule has 2 aliphatic heterocycles. The highest BCUT2D eigenvalue weighted by atomic mass is 16.5. The van der Waals surface area contributed by atoms with Crippen molar-refractivity contribution in [3.8, 4) is 0 Å². The molecule has 0 atom stereocenters. The Labute approximate surface area is 237 Å². The number of ether oxygens (including phenoxy) is 3. The van der Waals surface area contributed by atoms with E-state index >= 15 is 0 Å². The van der Waals surface area contributed by atoms with E-state index in [1.807, 2.05) is 30.7 Å². The zero-order valence-corrected chi connectivity index (χ0v) is 24.2. The van der Waals surface area contributed by atoms with Crippen LogP contribution in [0.3, 0.4) is 0 Å². The van der Waals surface area contributed by atoms with Gasteiger partial charge in [0.1, 0.15) is 0 Å². The summed E-state index contributed by atoms with van der Waals surface area (Å²) >= 11 is 0. The van der Waals surface area contributed by atoms with Crippen molar-refractivity contribution in [2.24, 2.45) is 16.8 Å². The van der Waals surface area contributed by atoms with E-state index in [-0.39, 0.29) is 0 Å². The lowest BCUT2D eigenvalue weighted by Crippen LogP contribution is -2.35. The number of carbonyl (C=O) groups excluding carboxylic acids is 1. The molecule has 0 radical (unpaired) electrons. The average molecular weight is 550 g/mol. The van der Waals surface area contributed by atoms with Crippen LogP contribution in [0.4, 0.5) is 5.69 Å². The van der Waals surface area contributed by atoms with Crippen LogP contribution in [0.15, 0.2) is 28.9 Å². The van der Waals surface area contributed by atoms with Crippen LogP contribution in [0.2, 0.25) is 0 Å². The molecule has 0 aromatic carbocycles. The Bertz CT molecular complexity index is 1260. The van der Waals surface area contributed by atoms with Crippen LogP contribution in [0.5, 0.6) is 0 Å². The third-order valence-corrected chi connectivity index (χ3v) is 8.64. The Hall–Kier alpha value is -3.04. The van der Waals surface area contributed by atoms with Gasteiger partial charge in [0, 0.05) is 57.6 Å². The molecule has 5 rings (SSSR count). The second-order valence-electron chi connectivity index (χ2n) is 11.1. The van der Waals surface area contributed by atoms with Crippen LogP contribution in [-0.2, 0) is 14.2 Å². The smallest absolute Gasteiger partial charge is 0.357 e. The second-order valence-corrected chi connectivity index (χ2v) is 11.1. The Morgan fingerprint density at radius 1 is 1.20 bits per heavy atom. The van der Waals surface area contributed by atoms with Gasteiger partial charge in [-0.25, -0.2) is 14.5 Å². The molecule has 0 unspecified atom stereocenters. The van der Waals surface area contributed by atoms with E-state index < -0.39 is 5.97 Å². The number of hydrogen-bond acceptors (Lipinski definition) is 8. The van der Waals surface area contributed by atoms with E-state index in [9.17, 15) is 4.79 Å². The number of carbonyl (C=O) groups is 1. The number of rotatable bonds is 10. The van der Waals surface area contributed by atoms with Crippen LogP contribution in [0, 0.1) is 11.8 Å². The molecule has 3 fully saturated rings. The van der Waals surface area contributed by atoms with E-state index in [4.69, 9.17) is 24.3 Å². The number of aromatic nitrogens is 3. The normalized spacial score (nSPS) is 20.1. The quantitative estimate of drug-likeness (QED) is 0.216. The number of esters is 1. The fourth-order valence-corrected chi connectivity index (χ4v) is 6.11. The molecule has 2 saturated heterocycles. The molecule has 9 nitrogen and oxygen atoms in total. The van der Waals surface area contributed by atoms with Crippen molar-refractivity contribution >= 4 is 35.1 Å². The van der Waals surface area contributed by atoms with Gasteiger partial charge in [-0.15, -0.1) is 0 Å². The molecule has 0 bridgehead atoms. The van der Waals surface area contributed by atoms with E-state index in [1.54, 1.807) is 7.11 Å². The van der Waals surface area contributed by atoms with Crippen LogP contribution in [0.1, 0.15) is 80.9 Å². The summed E-state index contributed by atoms with van der Waals surface area (Å²) in [6.07, 6.45) is 11.5. The predicted molar refractivity (Wildman–Crippen MR) is 158 cm³/mol. The second kappa shape index (κ2) is 13.1. The minimum absolute atomic E-state index is 0.293. The minimum Gasteiger partial charge on any atom is -0.461 e. The molecule has 40 heavy (non-hydrogen) atoms. The van der Waals surface area contributed by atoms with Gasteiger partial charge in [-0.2, -0.15) is 5.10 Å². The van der Waals surface area contributed by atoms with Gasteiger partial charge >= 0.3 is 5.97 Å². The maximum atomic E-state index is 13.0. The van der Waals surface area contributed by atoms with Crippen LogP contribution < -0.4 is 4.90 Å². The molecule has 0 amide bonds. The van der Waals surface area contributed by atoms with Crippen molar-refractivity contribution in [1.82, 2.24) is 14.8 Å². The first-order chi connectivity index (χ1) is 19.6. The van der Waals surface area contributed by atoms with Gasteiger partial charge in [-0.1, -0.05) is 12.5 Å². The number of hydrogen-bond donors (Lipinski definition) is 0. The zero-order chi connectivity index (χ0) is 28.1. The van der Waals surface area contributed by atoms with E-state index in [0.717, 1.165) is 99.6 Å². The number of pyridine rings is 1. The SMILES string of the molecule is C=N/C(=C\C(=C/C)n1nc(C2CCC2)c2c(N3CCC(COC)CC3)cc(C(=O)OCC)nc21)C1CCOCC1. The van der Waals surface area contributed by atoms with E-state index in [2.05, 4.69) is 22.7 Å².